The Morgan fingerprint density at radius 2 is 1.95 bits per heavy atom. The van der Waals surface area contributed by atoms with Crippen LogP contribution in [0.1, 0.15) is 23.2 Å². The Bertz CT molecular complexity index is 654. The van der Waals surface area contributed by atoms with Crippen LogP contribution in [0.25, 0.3) is 11.0 Å². The molecule has 0 atom stereocenters. The van der Waals surface area contributed by atoms with E-state index in [0.29, 0.717) is 24.0 Å². The van der Waals surface area contributed by atoms with Gasteiger partial charge < -0.3 is 4.90 Å². The Kier molecular flexibility index (Phi) is 2.95. The summed E-state index contributed by atoms with van der Waals surface area (Å²) in [6, 6.07) is 5.24. The second-order valence-corrected chi connectivity index (χ2v) is 4.63. The monoisotopic (exact) mass is 255 g/mol. The van der Waals surface area contributed by atoms with Crippen molar-refractivity contribution in [3.63, 3.8) is 0 Å². The molecule has 0 bridgehead atoms. The van der Waals surface area contributed by atoms with E-state index in [2.05, 4.69) is 9.97 Å². The van der Waals surface area contributed by atoms with Crippen LogP contribution in [0.4, 0.5) is 0 Å². The molecule has 5 nitrogen and oxygen atoms in total. The summed E-state index contributed by atoms with van der Waals surface area (Å²) >= 11 is 0. The van der Waals surface area contributed by atoms with Crippen LogP contribution in [-0.4, -0.2) is 39.6 Å². The van der Waals surface area contributed by atoms with Crippen LogP contribution >= 0.6 is 0 Å². The summed E-state index contributed by atoms with van der Waals surface area (Å²) in [5.74, 6) is 0.0146. The topological polar surface area (TPSA) is 63.2 Å². The molecule has 1 aromatic carbocycles. The van der Waals surface area contributed by atoms with E-state index in [4.69, 9.17) is 0 Å². The van der Waals surface area contributed by atoms with Crippen LogP contribution in [-0.2, 0) is 4.79 Å². The zero-order chi connectivity index (χ0) is 13.2. The zero-order valence-corrected chi connectivity index (χ0v) is 10.4. The number of likely N-dealkylation sites (tertiary alicyclic amines) is 1. The molecule has 1 aliphatic rings. The van der Waals surface area contributed by atoms with Gasteiger partial charge in [-0.15, -0.1) is 0 Å². The fourth-order valence-electron chi connectivity index (χ4n) is 2.29. The maximum atomic E-state index is 12.3. The van der Waals surface area contributed by atoms with Gasteiger partial charge in [0.15, 0.2) is 5.78 Å². The number of nitrogens with zero attached hydrogens (tertiary/aromatic N) is 3. The molecular weight excluding hydrogens is 242 g/mol. The number of ketones is 1. The van der Waals surface area contributed by atoms with Crippen molar-refractivity contribution in [3.05, 3.63) is 36.2 Å². The van der Waals surface area contributed by atoms with E-state index in [1.54, 1.807) is 35.5 Å². The van der Waals surface area contributed by atoms with Gasteiger partial charge in [0.2, 0.25) is 0 Å². The average molecular weight is 255 g/mol. The molecule has 0 saturated carbocycles. The third kappa shape index (κ3) is 2.31. The summed E-state index contributed by atoms with van der Waals surface area (Å²) in [5.41, 5.74) is 2.01. The number of benzene rings is 1. The van der Waals surface area contributed by atoms with Crippen molar-refractivity contribution in [1.82, 2.24) is 14.9 Å². The van der Waals surface area contributed by atoms with Crippen molar-refractivity contribution in [2.75, 3.05) is 13.1 Å². The normalized spacial score (nSPS) is 15.8. The number of rotatable bonds is 1. The third-order valence-electron chi connectivity index (χ3n) is 3.25. The number of carbonyl (C=O) groups is 2. The molecule has 0 N–H and O–H groups in total. The fourth-order valence-corrected chi connectivity index (χ4v) is 2.29. The smallest absolute Gasteiger partial charge is 0.254 e. The molecule has 2 aromatic rings. The Hall–Kier alpha value is -2.30. The fraction of sp³-hybridized carbons (Fsp3) is 0.286. The first-order chi connectivity index (χ1) is 9.24. The van der Waals surface area contributed by atoms with Crippen molar-refractivity contribution in [2.45, 2.75) is 12.8 Å². The molecule has 0 aliphatic carbocycles. The molecule has 1 aliphatic heterocycles. The predicted octanol–water partition coefficient (Wildman–Crippen LogP) is 1.43. The largest absolute Gasteiger partial charge is 0.331 e. The van der Waals surface area contributed by atoms with Gasteiger partial charge in [-0.1, -0.05) is 0 Å². The maximum absolute atomic E-state index is 12.3. The summed E-state index contributed by atoms with van der Waals surface area (Å²) in [5, 5.41) is 0. The minimum Gasteiger partial charge on any atom is -0.331 e. The van der Waals surface area contributed by atoms with Gasteiger partial charge in [0.05, 0.1) is 17.6 Å². The van der Waals surface area contributed by atoms with Gasteiger partial charge in [-0.2, -0.15) is 0 Å². The molecule has 0 unspecified atom stereocenters. The predicted molar refractivity (Wildman–Crippen MR) is 69.7 cm³/mol. The Labute approximate surface area is 110 Å². The summed E-state index contributed by atoms with van der Waals surface area (Å²) in [6.07, 6.45) is 4.54. The highest BCUT2D eigenvalue weighted by atomic mass is 16.2. The molecule has 1 saturated heterocycles. The number of aromatic nitrogens is 2. The molecule has 0 radical (unpaired) electrons. The SMILES string of the molecule is O=C1CCCN(C(=O)c2ccc3nccnc3c2)C1. The number of fused-ring (bicyclic) bond motifs is 1. The van der Waals surface area contributed by atoms with E-state index in [-0.39, 0.29) is 18.2 Å². The van der Waals surface area contributed by atoms with Gasteiger partial charge in [-0.3, -0.25) is 19.6 Å². The molecule has 5 heteroatoms. The molecule has 1 amide bonds. The van der Waals surface area contributed by atoms with Crippen LogP contribution < -0.4 is 0 Å². The van der Waals surface area contributed by atoms with Crippen LogP contribution in [0.5, 0.6) is 0 Å². The highest BCUT2D eigenvalue weighted by molar-refractivity contribution is 5.99. The van der Waals surface area contributed by atoms with Crippen LogP contribution in [0.15, 0.2) is 30.6 Å². The number of Topliss-reactive ketones (excluding diaryl/α,β-unsaturated/α-hetero) is 1. The standard InChI is InChI=1S/C14H13N3O2/c18-11-2-1-7-17(9-11)14(19)10-3-4-12-13(8-10)16-6-5-15-12/h3-6,8H,1-2,7,9H2. The molecule has 19 heavy (non-hydrogen) atoms. The first kappa shape index (κ1) is 11.8. The first-order valence-corrected chi connectivity index (χ1v) is 6.26. The van der Waals surface area contributed by atoms with Gasteiger partial charge >= 0.3 is 0 Å². The lowest BCUT2D eigenvalue weighted by molar-refractivity contribution is -0.121. The molecule has 1 aromatic heterocycles. The zero-order valence-electron chi connectivity index (χ0n) is 10.4. The van der Waals surface area contributed by atoms with Crippen molar-refractivity contribution < 1.29 is 9.59 Å². The van der Waals surface area contributed by atoms with Crippen molar-refractivity contribution >= 4 is 22.7 Å². The van der Waals surface area contributed by atoms with Gasteiger partial charge in [0, 0.05) is 30.9 Å². The molecule has 96 valence electrons. The summed E-state index contributed by atoms with van der Waals surface area (Å²) in [6.45, 7) is 0.862. The second kappa shape index (κ2) is 4.76. The van der Waals surface area contributed by atoms with E-state index in [0.717, 1.165) is 11.9 Å². The van der Waals surface area contributed by atoms with Gasteiger partial charge in [-0.05, 0) is 24.6 Å². The van der Waals surface area contributed by atoms with Gasteiger partial charge in [0.25, 0.3) is 5.91 Å². The highest BCUT2D eigenvalue weighted by Gasteiger charge is 2.22. The number of hydrogen-bond donors (Lipinski definition) is 0. The lowest BCUT2D eigenvalue weighted by Crippen LogP contribution is -2.40. The number of amides is 1. The lowest BCUT2D eigenvalue weighted by atomic mass is 10.1. The average Bonchev–Trinajstić information content (AvgIpc) is 2.46. The minimum absolute atomic E-state index is 0.111. The maximum Gasteiger partial charge on any atom is 0.254 e. The quantitative estimate of drug-likeness (QED) is 0.773. The van der Waals surface area contributed by atoms with E-state index < -0.39 is 0 Å². The van der Waals surface area contributed by atoms with Gasteiger partial charge in [-0.25, -0.2) is 0 Å². The summed E-state index contributed by atoms with van der Waals surface area (Å²) in [4.78, 5) is 33.7. The van der Waals surface area contributed by atoms with E-state index in [1.807, 2.05) is 0 Å². The molecular formula is C14H13N3O2. The number of hydrogen-bond acceptors (Lipinski definition) is 4. The number of carbonyl (C=O) groups excluding carboxylic acids is 2. The molecule has 1 fully saturated rings. The van der Waals surface area contributed by atoms with Crippen molar-refractivity contribution in [1.29, 1.82) is 0 Å². The van der Waals surface area contributed by atoms with Crippen LogP contribution in [0.2, 0.25) is 0 Å². The Morgan fingerprint density at radius 1 is 1.16 bits per heavy atom. The van der Waals surface area contributed by atoms with E-state index >= 15 is 0 Å². The van der Waals surface area contributed by atoms with E-state index in [9.17, 15) is 9.59 Å². The van der Waals surface area contributed by atoms with Crippen molar-refractivity contribution in [3.8, 4) is 0 Å². The molecule has 0 spiro atoms. The van der Waals surface area contributed by atoms with E-state index in [1.165, 1.54) is 0 Å². The molecule has 2 heterocycles. The third-order valence-corrected chi connectivity index (χ3v) is 3.25. The van der Waals surface area contributed by atoms with Crippen molar-refractivity contribution in [2.24, 2.45) is 0 Å². The Morgan fingerprint density at radius 3 is 2.74 bits per heavy atom. The van der Waals surface area contributed by atoms with Gasteiger partial charge in [0.1, 0.15) is 0 Å². The highest BCUT2D eigenvalue weighted by Crippen LogP contribution is 2.15. The van der Waals surface area contributed by atoms with Crippen LogP contribution in [0.3, 0.4) is 0 Å². The lowest BCUT2D eigenvalue weighted by Gasteiger charge is -2.25. The first-order valence-electron chi connectivity index (χ1n) is 6.26. The summed E-state index contributed by atoms with van der Waals surface area (Å²) in [7, 11) is 0. The second-order valence-electron chi connectivity index (χ2n) is 4.63. The Balaban J connectivity index is 1.90. The summed E-state index contributed by atoms with van der Waals surface area (Å²) < 4.78 is 0. The number of piperidine rings is 1. The van der Waals surface area contributed by atoms with Crippen LogP contribution in [0, 0.1) is 0 Å². The molecule has 3 rings (SSSR count). The minimum atomic E-state index is -0.111.